The standard InChI is InChI=1S/C31H28N2O4/c1-17-13-24(20(4)33-27-8-6-5-7-23(27)31(35)36)30-25(14-17)28(34)19(3)29(37-30)22-11-9-21(10-12-22)26-16-32-15-18(26)2/h5-16,20,32-33H,1-4H3,(H,35,36). The number of carboxylic acids is 1. The van der Waals surface area contributed by atoms with Crippen molar-refractivity contribution in [2.45, 2.75) is 33.7 Å². The van der Waals surface area contributed by atoms with Crippen molar-refractivity contribution in [1.29, 1.82) is 0 Å². The zero-order valence-corrected chi connectivity index (χ0v) is 21.2. The number of carbonyl (C=O) groups is 1. The maximum atomic E-state index is 13.5. The highest BCUT2D eigenvalue weighted by atomic mass is 16.4. The summed E-state index contributed by atoms with van der Waals surface area (Å²) >= 11 is 0. The molecule has 0 saturated carbocycles. The minimum Gasteiger partial charge on any atom is -0.478 e. The number of nitrogens with one attached hydrogen (secondary N) is 2. The molecule has 0 aliphatic heterocycles. The molecule has 3 N–H and O–H groups in total. The van der Waals surface area contributed by atoms with Crippen LogP contribution in [0, 0.1) is 20.8 Å². The number of fused-ring (bicyclic) bond motifs is 1. The number of aromatic amines is 1. The average Bonchev–Trinajstić information content (AvgIpc) is 3.32. The molecule has 0 aliphatic carbocycles. The molecule has 0 aliphatic rings. The van der Waals surface area contributed by atoms with Crippen LogP contribution < -0.4 is 10.7 Å². The Hall–Kier alpha value is -4.58. The normalized spacial score (nSPS) is 12.0. The summed E-state index contributed by atoms with van der Waals surface area (Å²) in [6, 6.07) is 18.3. The van der Waals surface area contributed by atoms with Gasteiger partial charge >= 0.3 is 5.97 Å². The summed E-state index contributed by atoms with van der Waals surface area (Å²) in [7, 11) is 0. The predicted molar refractivity (Wildman–Crippen MR) is 147 cm³/mol. The Bertz CT molecular complexity index is 1690. The predicted octanol–water partition coefficient (Wildman–Crippen LogP) is 7.25. The van der Waals surface area contributed by atoms with E-state index in [0.29, 0.717) is 28.0 Å². The lowest BCUT2D eigenvalue weighted by Gasteiger charge is -2.20. The van der Waals surface area contributed by atoms with Crippen molar-refractivity contribution in [2.24, 2.45) is 0 Å². The number of anilines is 1. The molecule has 186 valence electrons. The van der Waals surface area contributed by atoms with E-state index in [1.54, 1.807) is 31.2 Å². The smallest absolute Gasteiger partial charge is 0.337 e. The molecule has 1 unspecified atom stereocenters. The molecule has 3 aromatic carbocycles. The molecule has 0 bridgehead atoms. The van der Waals surface area contributed by atoms with Gasteiger partial charge in [0.15, 0.2) is 5.43 Å². The number of benzene rings is 3. The summed E-state index contributed by atoms with van der Waals surface area (Å²) in [6.07, 6.45) is 3.93. The third-order valence-electron chi connectivity index (χ3n) is 6.80. The van der Waals surface area contributed by atoms with Crippen LogP contribution in [0.5, 0.6) is 0 Å². The Balaban J connectivity index is 1.61. The molecule has 0 spiro atoms. The summed E-state index contributed by atoms with van der Waals surface area (Å²) < 4.78 is 6.47. The first-order valence-corrected chi connectivity index (χ1v) is 12.2. The fraction of sp³-hybridized carbons (Fsp3) is 0.161. The average molecular weight is 493 g/mol. The van der Waals surface area contributed by atoms with Gasteiger partial charge in [-0.2, -0.15) is 0 Å². The monoisotopic (exact) mass is 492 g/mol. The number of aryl methyl sites for hydroxylation is 2. The molecule has 0 amide bonds. The minimum absolute atomic E-state index is 0.0788. The van der Waals surface area contributed by atoms with E-state index < -0.39 is 5.97 Å². The fourth-order valence-corrected chi connectivity index (χ4v) is 4.82. The van der Waals surface area contributed by atoms with E-state index in [9.17, 15) is 14.7 Å². The second-order valence-electron chi connectivity index (χ2n) is 9.46. The van der Waals surface area contributed by atoms with E-state index in [-0.39, 0.29) is 17.0 Å². The Morgan fingerprint density at radius 2 is 1.68 bits per heavy atom. The highest BCUT2D eigenvalue weighted by Crippen LogP contribution is 2.33. The van der Waals surface area contributed by atoms with Gasteiger partial charge in [-0.1, -0.05) is 42.5 Å². The molecule has 0 radical (unpaired) electrons. The van der Waals surface area contributed by atoms with Crippen molar-refractivity contribution in [3.05, 3.63) is 111 Å². The Labute approximate surface area is 214 Å². The summed E-state index contributed by atoms with van der Waals surface area (Å²) in [5.41, 5.74) is 7.54. The molecule has 0 saturated heterocycles. The van der Waals surface area contributed by atoms with Crippen molar-refractivity contribution in [1.82, 2.24) is 4.98 Å². The molecule has 6 heteroatoms. The Morgan fingerprint density at radius 3 is 2.35 bits per heavy atom. The molecule has 0 fully saturated rings. The maximum Gasteiger partial charge on any atom is 0.337 e. The third kappa shape index (κ3) is 4.42. The van der Waals surface area contributed by atoms with Gasteiger partial charge in [0.05, 0.1) is 17.0 Å². The van der Waals surface area contributed by atoms with E-state index in [1.165, 1.54) is 0 Å². The van der Waals surface area contributed by atoms with Crippen molar-refractivity contribution in [3.8, 4) is 22.5 Å². The van der Waals surface area contributed by atoms with Crippen LogP contribution in [0.1, 0.15) is 45.6 Å². The molecule has 5 aromatic rings. The van der Waals surface area contributed by atoms with Crippen LogP contribution in [0.25, 0.3) is 33.4 Å². The van der Waals surface area contributed by atoms with Gasteiger partial charge in [-0.25, -0.2) is 4.79 Å². The largest absolute Gasteiger partial charge is 0.478 e. The first kappa shape index (κ1) is 24.1. The first-order chi connectivity index (χ1) is 17.7. The topological polar surface area (TPSA) is 95.3 Å². The zero-order chi connectivity index (χ0) is 26.3. The number of hydrogen-bond acceptors (Lipinski definition) is 4. The van der Waals surface area contributed by atoms with Gasteiger partial charge in [0.25, 0.3) is 0 Å². The van der Waals surface area contributed by atoms with Crippen LogP contribution in [-0.4, -0.2) is 16.1 Å². The number of rotatable bonds is 6. The summed E-state index contributed by atoms with van der Waals surface area (Å²) in [5, 5.41) is 13.4. The second-order valence-corrected chi connectivity index (χ2v) is 9.46. The number of H-pyrrole nitrogens is 1. The van der Waals surface area contributed by atoms with Crippen molar-refractivity contribution < 1.29 is 14.3 Å². The lowest BCUT2D eigenvalue weighted by atomic mass is 9.97. The summed E-state index contributed by atoms with van der Waals surface area (Å²) in [5.74, 6) is -0.481. The molecule has 2 aromatic heterocycles. The number of hydrogen-bond donors (Lipinski definition) is 3. The van der Waals surface area contributed by atoms with Gasteiger partial charge in [-0.05, 0) is 62.6 Å². The van der Waals surface area contributed by atoms with Gasteiger partial charge in [-0.3, -0.25) is 4.79 Å². The molecule has 5 rings (SSSR count). The maximum absolute atomic E-state index is 13.5. The quantitative estimate of drug-likeness (QED) is 0.232. The second kappa shape index (κ2) is 9.47. The van der Waals surface area contributed by atoms with Gasteiger partial charge in [-0.15, -0.1) is 0 Å². The van der Waals surface area contributed by atoms with Gasteiger partial charge in [0.1, 0.15) is 11.3 Å². The first-order valence-electron chi connectivity index (χ1n) is 12.2. The molecular formula is C31H28N2O4. The van der Waals surface area contributed by atoms with E-state index in [2.05, 4.69) is 17.2 Å². The van der Waals surface area contributed by atoms with Crippen LogP contribution in [0.4, 0.5) is 5.69 Å². The molecule has 2 heterocycles. The lowest BCUT2D eigenvalue weighted by molar-refractivity contribution is 0.0698. The van der Waals surface area contributed by atoms with Crippen molar-refractivity contribution in [2.75, 3.05) is 5.32 Å². The Kier molecular flexibility index (Phi) is 6.17. The highest BCUT2D eigenvalue weighted by Gasteiger charge is 2.20. The van der Waals surface area contributed by atoms with Crippen LogP contribution >= 0.6 is 0 Å². The lowest BCUT2D eigenvalue weighted by Crippen LogP contribution is -2.14. The molecule has 37 heavy (non-hydrogen) atoms. The van der Waals surface area contributed by atoms with Crippen LogP contribution in [0.3, 0.4) is 0 Å². The van der Waals surface area contributed by atoms with Crippen LogP contribution in [-0.2, 0) is 0 Å². The Morgan fingerprint density at radius 1 is 0.973 bits per heavy atom. The van der Waals surface area contributed by atoms with E-state index >= 15 is 0 Å². The molecule has 1 atom stereocenters. The third-order valence-corrected chi connectivity index (χ3v) is 6.80. The van der Waals surface area contributed by atoms with Gasteiger partial charge in [0.2, 0.25) is 0 Å². The highest BCUT2D eigenvalue weighted by molar-refractivity contribution is 5.94. The number of para-hydroxylation sites is 1. The zero-order valence-electron chi connectivity index (χ0n) is 21.2. The van der Waals surface area contributed by atoms with Crippen molar-refractivity contribution in [3.63, 3.8) is 0 Å². The summed E-state index contributed by atoms with van der Waals surface area (Å²) in [6.45, 7) is 7.71. The fourth-order valence-electron chi connectivity index (χ4n) is 4.82. The number of aromatic nitrogens is 1. The molecule has 6 nitrogen and oxygen atoms in total. The van der Waals surface area contributed by atoms with Gasteiger partial charge < -0.3 is 19.8 Å². The van der Waals surface area contributed by atoms with E-state index in [4.69, 9.17) is 4.42 Å². The summed E-state index contributed by atoms with van der Waals surface area (Å²) in [4.78, 5) is 28.3. The van der Waals surface area contributed by atoms with Crippen LogP contribution in [0.15, 0.2) is 82.3 Å². The van der Waals surface area contributed by atoms with Gasteiger partial charge in [0, 0.05) is 40.3 Å². The van der Waals surface area contributed by atoms with Crippen LogP contribution in [0.2, 0.25) is 0 Å². The van der Waals surface area contributed by atoms with E-state index in [0.717, 1.165) is 33.4 Å². The minimum atomic E-state index is -1.01. The number of aromatic carboxylic acids is 1. The number of carboxylic acid groups (broad SMARTS) is 1. The molecular weight excluding hydrogens is 464 g/mol. The van der Waals surface area contributed by atoms with Crippen molar-refractivity contribution >= 4 is 22.6 Å². The van der Waals surface area contributed by atoms with E-state index in [1.807, 2.05) is 62.6 Å². The SMILES string of the molecule is Cc1cc(C(C)Nc2ccccc2C(=O)O)c2oc(-c3ccc(-c4c[nH]cc4C)cc3)c(C)c(=O)c2c1.